The summed E-state index contributed by atoms with van der Waals surface area (Å²) >= 11 is 7.32. The second-order valence-electron chi connectivity index (χ2n) is 5.22. The van der Waals surface area contributed by atoms with E-state index in [9.17, 15) is 4.79 Å². The molecule has 0 aliphatic carbocycles. The van der Waals surface area contributed by atoms with E-state index in [0.29, 0.717) is 36.1 Å². The highest BCUT2D eigenvalue weighted by molar-refractivity contribution is 7.09. The van der Waals surface area contributed by atoms with Gasteiger partial charge in [0.1, 0.15) is 6.61 Å². The molecule has 1 fully saturated rings. The molecule has 1 aromatic carbocycles. The standard InChI is InChI=1S/C15H17ClN4O2S/c1-22-10-13-17-15(23-18-13)20-7-5-19(6-8-20)14(21)11-3-2-4-12(16)9-11/h2-4,9H,5-8,10H2,1H3. The van der Waals surface area contributed by atoms with E-state index in [2.05, 4.69) is 14.3 Å². The molecule has 0 saturated carbocycles. The molecule has 122 valence electrons. The van der Waals surface area contributed by atoms with Crippen molar-refractivity contribution in [3.05, 3.63) is 40.7 Å². The van der Waals surface area contributed by atoms with E-state index in [1.165, 1.54) is 11.5 Å². The fraction of sp³-hybridized carbons (Fsp3) is 0.400. The maximum atomic E-state index is 12.5. The third-order valence-electron chi connectivity index (χ3n) is 3.64. The fourth-order valence-electron chi connectivity index (χ4n) is 2.47. The maximum Gasteiger partial charge on any atom is 0.254 e. The summed E-state index contributed by atoms with van der Waals surface area (Å²) in [6.07, 6.45) is 0. The van der Waals surface area contributed by atoms with Crippen molar-refractivity contribution >= 4 is 34.2 Å². The number of hydrogen-bond donors (Lipinski definition) is 0. The number of piperazine rings is 1. The number of halogens is 1. The van der Waals surface area contributed by atoms with Gasteiger partial charge in [0.25, 0.3) is 5.91 Å². The first-order valence-electron chi connectivity index (χ1n) is 7.28. The molecule has 2 aromatic rings. The lowest BCUT2D eigenvalue weighted by Crippen LogP contribution is -2.48. The summed E-state index contributed by atoms with van der Waals surface area (Å²) in [4.78, 5) is 20.9. The third-order valence-corrected chi connectivity index (χ3v) is 4.69. The van der Waals surface area contributed by atoms with Crippen molar-refractivity contribution in [3.8, 4) is 0 Å². The molecular formula is C15H17ClN4O2S. The number of anilines is 1. The number of methoxy groups -OCH3 is 1. The van der Waals surface area contributed by atoms with Crippen LogP contribution in [0.4, 0.5) is 5.13 Å². The molecule has 0 unspecified atom stereocenters. The highest BCUT2D eigenvalue weighted by Crippen LogP contribution is 2.20. The van der Waals surface area contributed by atoms with Crippen LogP contribution in [0.3, 0.4) is 0 Å². The van der Waals surface area contributed by atoms with E-state index in [-0.39, 0.29) is 5.91 Å². The van der Waals surface area contributed by atoms with Crippen molar-refractivity contribution in [1.82, 2.24) is 14.3 Å². The van der Waals surface area contributed by atoms with Crippen molar-refractivity contribution in [2.45, 2.75) is 6.61 Å². The van der Waals surface area contributed by atoms with Crippen molar-refractivity contribution in [1.29, 1.82) is 0 Å². The topological polar surface area (TPSA) is 58.6 Å². The lowest BCUT2D eigenvalue weighted by molar-refractivity contribution is 0.0746. The first-order valence-corrected chi connectivity index (χ1v) is 8.44. The molecule has 3 rings (SSSR count). The summed E-state index contributed by atoms with van der Waals surface area (Å²) in [5, 5.41) is 1.46. The van der Waals surface area contributed by atoms with Crippen LogP contribution in [0.2, 0.25) is 5.02 Å². The van der Waals surface area contributed by atoms with E-state index < -0.39 is 0 Å². The van der Waals surface area contributed by atoms with Crippen molar-refractivity contribution in [3.63, 3.8) is 0 Å². The van der Waals surface area contributed by atoms with Gasteiger partial charge in [0.15, 0.2) is 5.82 Å². The number of amides is 1. The summed E-state index contributed by atoms with van der Waals surface area (Å²) in [7, 11) is 1.63. The number of aromatic nitrogens is 2. The zero-order chi connectivity index (χ0) is 16.2. The summed E-state index contributed by atoms with van der Waals surface area (Å²) in [5.74, 6) is 0.717. The first kappa shape index (κ1) is 16.2. The largest absolute Gasteiger partial charge is 0.377 e. The quantitative estimate of drug-likeness (QED) is 0.845. The zero-order valence-corrected chi connectivity index (χ0v) is 14.3. The number of hydrogen-bond acceptors (Lipinski definition) is 6. The molecule has 1 saturated heterocycles. The summed E-state index contributed by atoms with van der Waals surface area (Å²) < 4.78 is 9.30. The van der Waals surface area contributed by atoms with Gasteiger partial charge in [-0.15, -0.1) is 0 Å². The molecule has 0 N–H and O–H groups in total. The predicted molar refractivity (Wildman–Crippen MR) is 90.2 cm³/mol. The molecule has 0 bridgehead atoms. The van der Waals surface area contributed by atoms with Gasteiger partial charge in [0, 0.05) is 55.4 Å². The fourth-order valence-corrected chi connectivity index (χ4v) is 3.38. The molecule has 6 nitrogen and oxygen atoms in total. The number of nitrogens with zero attached hydrogens (tertiary/aromatic N) is 4. The van der Waals surface area contributed by atoms with Crippen LogP contribution in [0.5, 0.6) is 0 Å². The Hall–Kier alpha value is -1.70. The minimum Gasteiger partial charge on any atom is -0.377 e. The Morgan fingerprint density at radius 1 is 1.35 bits per heavy atom. The molecule has 1 aromatic heterocycles. The van der Waals surface area contributed by atoms with Gasteiger partial charge in [-0.05, 0) is 18.2 Å². The van der Waals surface area contributed by atoms with Crippen LogP contribution in [0.25, 0.3) is 0 Å². The predicted octanol–water partition coefficient (Wildman–Crippen LogP) is 2.30. The molecule has 1 aliphatic heterocycles. The van der Waals surface area contributed by atoms with Crippen molar-refractivity contribution < 1.29 is 9.53 Å². The number of benzene rings is 1. The Bertz CT molecular complexity index is 686. The van der Waals surface area contributed by atoms with Crippen LogP contribution in [-0.2, 0) is 11.3 Å². The highest BCUT2D eigenvalue weighted by Gasteiger charge is 2.24. The van der Waals surface area contributed by atoms with Gasteiger partial charge >= 0.3 is 0 Å². The lowest BCUT2D eigenvalue weighted by atomic mass is 10.2. The minimum atomic E-state index is 0.0180. The van der Waals surface area contributed by atoms with Gasteiger partial charge in [-0.2, -0.15) is 4.37 Å². The van der Waals surface area contributed by atoms with E-state index in [1.807, 2.05) is 4.90 Å². The molecule has 1 amide bonds. The van der Waals surface area contributed by atoms with Crippen LogP contribution in [0, 0.1) is 0 Å². The van der Waals surface area contributed by atoms with Crippen LogP contribution in [-0.4, -0.2) is 53.5 Å². The van der Waals surface area contributed by atoms with Crippen LogP contribution < -0.4 is 4.90 Å². The Morgan fingerprint density at radius 3 is 2.83 bits per heavy atom. The van der Waals surface area contributed by atoms with E-state index >= 15 is 0 Å². The molecule has 8 heteroatoms. The van der Waals surface area contributed by atoms with E-state index in [1.54, 1.807) is 31.4 Å². The van der Waals surface area contributed by atoms with Gasteiger partial charge in [0.2, 0.25) is 5.13 Å². The summed E-state index contributed by atoms with van der Waals surface area (Å²) in [6, 6.07) is 7.06. The molecule has 0 atom stereocenters. The molecular weight excluding hydrogens is 336 g/mol. The lowest BCUT2D eigenvalue weighted by Gasteiger charge is -2.34. The van der Waals surface area contributed by atoms with Crippen LogP contribution in [0.15, 0.2) is 24.3 Å². The second-order valence-corrected chi connectivity index (χ2v) is 6.38. The number of carbonyl (C=O) groups excluding carboxylic acids is 1. The molecule has 1 aliphatic rings. The van der Waals surface area contributed by atoms with E-state index in [0.717, 1.165) is 18.2 Å². The Labute approximate surface area is 143 Å². The third kappa shape index (κ3) is 3.80. The highest BCUT2D eigenvalue weighted by atomic mass is 35.5. The maximum absolute atomic E-state index is 12.5. The van der Waals surface area contributed by atoms with Crippen molar-refractivity contribution in [2.75, 3.05) is 38.2 Å². The zero-order valence-electron chi connectivity index (χ0n) is 12.7. The molecule has 0 spiro atoms. The second kappa shape index (κ2) is 7.25. The van der Waals surface area contributed by atoms with Gasteiger partial charge in [-0.3, -0.25) is 4.79 Å². The molecule has 0 radical (unpaired) electrons. The summed E-state index contributed by atoms with van der Waals surface area (Å²) in [6.45, 7) is 3.22. The smallest absolute Gasteiger partial charge is 0.254 e. The Kier molecular flexibility index (Phi) is 5.09. The van der Waals surface area contributed by atoms with Gasteiger partial charge < -0.3 is 14.5 Å². The number of carbonyl (C=O) groups is 1. The van der Waals surface area contributed by atoms with Gasteiger partial charge in [-0.25, -0.2) is 4.98 Å². The van der Waals surface area contributed by atoms with Crippen LogP contribution in [0.1, 0.15) is 16.2 Å². The van der Waals surface area contributed by atoms with Crippen molar-refractivity contribution in [2.24, 2.45) is 0 Å². The monoisotopic (exact) mass is 352 g/mol. The van der Waals surface area contributed by atoms with Gasteiger partial charge in [-0.1, -0.05) is 17.7 Å². The average molecular weight is 353 g/mol. The Balaban J connectivity index is 1.60. The number of rotatable bonds is 4. The van der Waals surface area contributed by atoms with Gasteiger partial charge in [0.05, 0.1) is 0 Å². The van der Waals surface area contributed by atoms with E-state index in [4.69, 9.17) is 16.3 Å². The number of ether oxygens (including phenoxy) is 1. The Morgan fingerprint density at radius 2 is 2.13 bits per heavy atom. The molecule has 2 heterocycles. The normalized spacial score (nSPS) is 15.0. The summed E-state index contributed by atoms with van der Waals surface area (Å²) in [5.41, 5.74) is 0.629. The SMILES string of the molecule is COCc1nsc(N2CCN(C(=O)c3cccc(Cl)c3)CC2)n1. The van der Waals surface area contributed by atoms with Crippen LogP contribution >= 0.6 is 23.1 Å². The molecule has 23 heavy (non-hydrogen) atoms. The first-order chi connectivity index (χ1) is 11.2. The minimum absolute atomic E-state index is 0.0180. The average Bonchev–Trinajstić information content (AvgIpc) is 3.03.